The molecule has 0 bridgehead atoms. The van der Waals surface area contributed by atoms with Crippen LogP contribution in [0.15, 0.2) is 42.5 Å². The Morgan fingerprint density at radius 3 is 2.43 bits per heavy atom. The third kappa shape index (κ3) is 6.40. The second-order valence-corrected chi connectivity index (χ2v) is 9.73. The van der Waals surface area contributed by atoms with Crippen LogP contribution in [0.1, 0.15) is 44.4 Å². The first kappa shape index (κ1) is 24.7. The Labute approximate surface area is 210 Å². The van der Waals surface area contributed by atoms with Gasteiger partial charge in [0.05, 0.1) is 0 Å². The van der Waals surface area contributed by atoms with E-state index < -0.39 is 5.91 Å². The van der Waals surface area contributed by atoms with Gasteiger partial charge in [-0.05, 0) is 73.7 Å². The van der Waals surface area contributed by atoms with Crippen molar-refractivity contribution in [1.29, 1.82) is 0 Å². The number of nitrogens with zero attached hydrogens (tertiary/aromatic N) is 3. The summed E-state index contributed by atoms with van der Waals surface area (Å²) in [6, 6.07) is 10.9. The molecule has 8 nitrogen and oxygen atoms in total. The van der Waals surface area contributed by atoms with Gasteiger partial charge in [-0.25, -0.2) is 4.39 Å². The lowest BCUT2D eigenvalue weighted by molar-refractivity contribution is -0.117. The van der Waals surface area contributed by atoms with Crippen molar-refractivity contribution < 1.29 is 18.8 Å². The minimum Gasteiger partial charge on any atom is -0.337 e. The molecule has 3 aromatic rings. The van der Waals surface area contributed by atoms with Crippen molar-refractivity contribution >= 4 is 52.0 Å². The Bertz CT molecular complexity index is 1240. The Hall–Kier alpha value is -3.37. The van der Waals surface area contributed by atoms with Crippen molar-refractivity contribution in [2.75, 3.05) is 23.7 Å². The van der Waals surface area contributed by atoms with E-state index in [2.05, 4.69) is 20.8 Å². The molecular formula is C24H23ClFN5O3S. The monoisotopic (exact) mass is 515 g/mol. The summed E-state index contributed by atoms with van der Waals surface area (Å²) in [7, 11) is 0. The highest BCUT2D eigenvalue weighted by molar-refractivity contribution is 7.15. The molecule has 1 fully saturated rings. The van der Waals surface area contributed by atoms with Crippen LogP contribution < -0.4 is 10.6 Å². The first-order chi connectivity index (χ1) is 16.8. The molecule has 0 radical (unpaired) electrons. The van der Waals surface area contributed by atoms with E-state index in [4.69, 9.17) is 11.6 Å². The molecule has 4 rings (SSSR count). The van der Waals surface area contributed by atoms with E-state index in [1.165, 1.54) is 12.1 Å². The van der Waals surface area contributed by atoms with Gasteiger partial charge < -0.3 is 15.5 Å². The van der Waals surface area contributed by atoms with E-state index >= 15 is 0 Å². The fourth-order valence-corrected chi connectivity index (χ4v) is 4.66. The van der Waals surface area contributed by atoms with Crippen molar-refractivity contribution in [2.45, 2.75) is 26.2 Å². The minimum atomic E-state index is -0.454. The topological polar surface area (TPSA) is 104 Å². The summed E-state index contributed by atoms with van der Waals surface area (Å²) in [5.41, 5.74) is 1.82. The van der Waals surface area contributed by atoms with Crippen LogP contribution in [-0.4, -0.2) is 45.9 Å². The zero-order valence-corrected chi connectivity index (χ0v) is 20.5. The molecule has 3 amide bonds. The molecule has 0 unspecified atom stereocenters. The number of carbonyl (C=O) groups excluding carboxylic acids is 3. The Kier molecular flexibility index (Phi) is 7.72. The van der Waals surface area contributed by atoms with E-state index in [-0.39, 0.29) is 33.6 Å². The molecule has 2 aromatic carbocycles. The van der Waals surface area contributed by atoms with Crippen LogP contribution in [0.25, 0.3) is 0 Å². The van der Waals surface area contributed by atoms with Crippen LogP contribution >= 0.6 is 22.9 Å². The van der Waals surface area contributed by atoms with E-state index in [0.29, 0.717) is 54.3 Å². The first-order valence-electron chi connectivity index (χ1n) is 11.0. The van der Waals surface area contributed by atoms with E-state index in [0.717, 1.165) is 11.3 Å². The smallest absolute Gasteiger partial charge is 0.286 e. The van der Waals surface area contributed by atoms with E-state index in [9.17, 15) is 18.8 Å². The van der Waals surface area contributed by atoms with Gasteiger partial charge in [-0.15, -0.1) is 10.2 Å². The maximum atomic E-state index is 13.2. The van der Waals surface area contributed by atoms with Gasteiger partial charge in [-0.3, -0.25) is 14.4 Å². The van der Waals surface area contributed by atoms with Gasteiger partial charge in [0.15, 0.2) is 0 Å². The number of piperidine rings is 1. The molecule has 1 saturated heterocycles. The lowest BCUT2D eigenvalue weighted by atomic mass is 9.93. The zero-order valence-electron chi connectivity index (χ0n) is 18.9. The number of benzene rings is 2. The molecule has 0 aliphatic carbocycles. The quantitative estimate of drug-likeness (QED) is 0.492. The highest BCUT2D eigenvalue weighted by Crippen LogP contribution is 2.24. The fourth-order valence-electron chi connectivity index (χ4n) is 3.83. The maximum Gasteiger partial charge on any atom is 0.286 e. The number of hydrogen-bond donors (Lipinski definition) is 2. The molecule has 0 spiro atoms. The second-order valence-electron chi connectivity index (χ2n) is 8.32. The van der Waals surface area contributed by atoms with Crippen LogP contribution in [0.3, 0.4) is 0 Å². The zero-order chi connectivity index (χ0) is 24.9. The number of anilines is 2. The molecule has 2 N–H and O–H groups in total. The fraction of sp³-hybridized carbons (Fsp3) is 0.292. The first-order valence-corrected chi connectivity index (χ1v) is 12.2. The van der Waals surface area contributed by atoms with Crippen molar-refractivity contribution in [3.63, 3.8) is 0 Å². The van der Waals surface area contributed by atoms with Gasteiger partial charge >= 0.3 is 0 Å². The summed E-state index contributed by atoms with van der Waals surface area (Å²) in [4.78, 5) is 39.3. The van der Waals surface area contributed by atoms with Crippen molar-refractivity contribution in [3.05, 3.63) is 68.9 Å². The minimum absolute atomic E-state index is 0.0888. The van der Waals surface area contributed by atoms with Gasteiger partial charge in [-0.2, -0.15) is 0 Å². The van der Waals surface area contributed by atoms with Gasteiger partial charge in [0.25, 0.3) is 11.8 Å². The number of rotatable bonds is 6. The molecule has 2 heterocycles. The number of likely N-dealkylation sites (tertiary alicyclic amines) is 1. The highest BCUT2D eigenvalue weighted by atomic mass is 35.5. The number of nitrogens with one attached hydrogen (secondary N) is 2. The average molecular weight is 516 g/mol. The predicted molar refractivity (Wildman–Crippen MR) is 132 cm³/mol. The number of aromatic nitrogens is 2. The summed E-state index contributed by atoms with van der Waals surface area (Å²) < 4.78 is 13.2. The highest BCUT2D eigenvalue weighted by Gasteiger charge is 2.28. The third-order valence-electron chi connectivity index (χ3n) is 5.74. The maximum absolute atomic E-state index is 13.2. The standard InChI is InChI=1S/C24H23ClFN5O3S/c1-14-12-17(26)4-7-19(14)28-20(32)13-15-8-10-31(11-9-15)24(34)23-30-29-22(35-23)21(33)27-18-5-2-16(25)3-6-18/h2-7,12,15H,8-11,13H2,1H3,(H,27,33)(H,28,32). The lowest BCUT2D eigenvalue weighted by Crippen LogP contribution is -2.39. The van der Waals surface area contributed by atoms with Crippen LogP contribution in [0.4, 0.5) is 15.8 Å². The Balaban J connectivity index is 1.26. The molecule has 1 aliphatic rings. The van der Waals surface area contributed by atoms with Crippen LogP contribution in [0.5, 0.6) is 0 Å². The van der Waals surface area contributed by atoms with Crippen molar-refractivity contribution in [3.8, 4) is 0 Å². The second kappa shape index (κ2) is 10.9. The summed E-state index contributed by atoms with van der Waals surface area (Å²) in [5.74, 6) is -1.08. The Morgan fingerprint density at radius 1 is 1.06 bits per heavy atom. The van der Waals surface area contributed by atoms with Crippen molar-refractivity contribution in [2.24, 2.45) is 5.92 Å². The van der Waals surface area contributed by atoms with Gasteiger partial charge in [0.1, 0.15) is 5.82 Å². The largest absolute Gasteiger partial charge is 0.337 e. The summed E-state index contributed by atoms with van der Waals surface area (Å²) in [5, 5.41) is 14.1. The number of carbonyl (C=O) groups is 3. The third-order valence-corrected chi connectivity index (χ3v) is 6.90. The summed E-state index contributed by atoms with van der Waals surface area (Å²) in [6.07, 6.45) is 1.67. The lowest BCUT2D eigenvalue weighted by Gasteiger charge is -2.31. The SMILES string of the molecule is Cc1cc(F)ccc1NC(=O)CC1CCN(C(=O)c2nnc(C(=O)Nc3ccc(Cl)cc3)s2)CC1. The summed E-state index contributed by atoms with van der Waals surface area (Å²) in [6.45, 7) is 2.71. The number of halogens is 2. The van der Waals surface area contributed by atoms with Crippen LogP contribution in [-0.2, 0) is 4.79 Å². The molecule has 182 valence electrons. The van der Waals surface area contributed by atoms with Gasteiger partial charge in [0.2, 0.25) is 15.9 Å². The number of hydrogen-bond acceptors (Lipinski definition) is 6. The normalized spacial score (nSPS) is 14.0. The molecule has 0 atom stereocenters. The Morgan fingerprint density at radius 2 is 1.74 bits per heavy atom. The van der Waals surface area contributed by atoms with Crippen molar-refractivity contribution in [1.82, 2.24) is 15.1 Å². The number of amides is 3. The van der Waals surface area contributed by atoms with E-state index in [1.807, 2.05) is 0 Å². The molecule has 0 saturated carbocycles. The molecule has 11 heteroatoms. The summed E-state index contributed by atoms with van der Waals surface area (Å²) >= 11 is 6.79. The van der Waals surface area contributed by atoms with Gasteiger partial charge in [0, 0.05) is 35.9 Å². The predicted octanol–water partition coefficient (Wildman–Crippen LogP) is 4.77. The molecule has 35 heavy (non-hydrogen) atoms. The molecule has 1 aliphatic heterocycles. The van der Waals surface area contributed by atoms with Gasteiger partial charge in [-0.1, -0.05) is 22.9 Å². The van der Waals surface area contributed by atoms with E-state index in [1.54, 1.807) is 42.2 Å². The number of aryl methyl sites for hydroxylation is 1. The van der Waals surface area contributed by atoms with Crippen LogP contribution in [0.2, 0.25) is 5.02 Å². The molecular weight excluding hydrogens is 493 g/mol. The average Bonchev–Trinajstić information content (AvgIpc) is 3.33. The molecule has 1 aromatic heterocycles. The van der Waals surface area contributed by atoms with Crippen LogP contribution in [0, 0.1) is 18.7 Å².